The van der Waals surface area contributed by atoms with Gasteiger partial charge in [0.15, 0.2) is 4.67 Å². The third-order valence-corrected chi connectivity index (χ3v) is 2.64. The molecule has 0 aromatic carbocycles. The van der Waals surface area contributed by atoms with Crippen LogP contribution in [-0.4, -0.2) is 5.92 Å². The van der Waals surface area contributed by atoms with Crippen LogP contribution in [0.4, 0.5) is 8.78 Å². The SMILES string of the molecule is NC1(c2ccc(Br)o2)CC(F)(F)C1. The van der Waals surface area contributed by atoms with E-state index in [9.17, 15) is 8.78 Å². The summed E-state index contributed by atoms with van der Waals surface area (Å²) in [6.07, 6.45) is -0.667. The minimum atomic E-state index is -2.63. The summed E-state index contributed by atoms with van der Waals surface area (Å²) >= 11 is 3.10. The van der Waals surface area contributed by atoms with Crippen molar-refractivity contribution in [1.29, 1.82) is 0 Å². The Bertz CT molecular complexity index is 329. The molecule has 13 heavy (non-hydrogen) atoms. The third kappa shape index (κ3) is 1.50. The minimum absolute atomic E-state index is 0.333. The van der Waals surface area contributed by atoms with Gasteiger partial charge >= 0.3 is 0 Å². The number of halogens is 3. The average Bonchev–Trinajstić information content (AvgIpc) is 2.31. The lowest BCUT2D eigenvalue weighted by molar-refractivity contribution is -0.130. The van der Waals surface area contributed by atoms with E-state index in [0.717, 1.165) is 0 Å². The Balaban J connectivity index is 2.20. The van der Waals surface area contributed by atoms with E-state index < -0.39 is 11.5 Å². The van der Waals surface area contributed by atoms with Gasteiger partial charge in [-0.05, 0) is 28.1 Å². The molecule has 0 saturated heterocycles. The Morgan fingerprint density at radius 2 is 2.00 bits per heavy atom. The quantitative estimate of drug-likeness (QED) is 0.834. The first kappa shape index (κ1) is 9.15. The normalized spacial score (nSPS) is 24.0. The molecule has 1 heterocycles. The number of rotatable bonds is 1. The van der Waals surface area contributed by atoms with Gasteiger partial charge in [-0.2, -0.15) is 0 Å². The molecular weight excluding hydrogens is 244 g/mol. The van der Waals surface area contributed by atoms with Crippen molar-refractivity contribution in [3.05, 3.63) is 22.6 Å². The van der Waals surface area contributed by atoms with E-state index in [0.29, 0.717) is 10.4 Å². The number of hydrogen-bond donors (Lipinski definition) is 1. The second-order valence-corrected chi connectivity index (χ2v) is 4.25. The van der Waals surface area contributed by atoms with E-state index in [4.69, 9.17) is 10.2 Å². The molecule has 0 aliphatic heterocycles. The zero-order valence-corrected chi connectivity index (χ0v) is 8.27. The van der Waals surface area contributed by atoms with Crippen LogP contribution in [0.1, 0.15) is 18.6 Å². The number of furan rings is 1. The fourth-order valence-corrected chi connectivity index (χ4v) is 1.93. The van der Waals surface area contributed by atoms with Crippen LogP contribution in [0.25, 0.3) is 0 Å². The molecule has 1 aromatic heterocycles. The molecular formula is C8H8BrF2NO. The number of nitrogens with two attached hydrogens (primary N) is 1. The molecule has 72 valence electrons. The van der Waals surface area contributed by atoms with Gasteiger partial charge in [0.2, 0.25) is 0 Å². The van der Waals surface area contributed by atoms with Crippen LogP contribution >= 0.6 is 15.9 Å². The largest absolute Gasteiger partial charge is 0.452 e. The summed E-state index contributed by atoms with van der Waals surface area (Å²) < 4.78 is 30.8. The summed E-state index contributed by atoms with van der Waals surface area (Å²) in [6.45, 7) is 0. The molecule has 0 amide bonds. The minimum Gasteiger partial charge on any atom is -0.452 e. The van der Waals surface area contributed by atoms with Crippen LogP contribution in [0, 0.1) is 0 Å². The Kier molecular flexibility index (Phi) is 1.79. The summed E-state index contributed by atoms with van der Waals surface area (Å²) in [5.74, 6) is -2.21. The van der Waals surface area contributed by atoms with Crippen LogP contribution in [0.2, 0.25) is 0 Å². The predicted octanol–water partition coefficient (Wildman–Crippen LogP) is 2.63. The van der Waals surface area contributed by atoms with Gasteiger partial charge < -0.3 is 10.2 Å². The Morgan fingerprint density at radius 1 is 1.38 bits per heavy atom. The second-order valence-electron chi connectivity index (χ2n) is 3.47. The second kappa shape index (κ2) is 2.54. The first-order valence-electron chi connectivity index (χ1n) is 3.84. The molecule has 0 bridgehead atoms. The standard InChI is InChI=1S/C8H8BrF2NO/c9-6-2-1-5(13-6)7(12)3-8(10,11)4-7/h1-2H,3-4,12H2. The molecule has 1 saturated carbocycles. The van der Waals surface area contributed by atoms with Crippen molar-refractivity contribution in [3.63, 3.8) is 0 Å². The molecule has 2 N–H and O–H groups in total. The number of hydrogen-bond acceptors (Lipinski definition) is 2. The summed E-state index contributed by atoms with van der Waals surface area (Å²) in [4.78, 5) is 0. The van der Waals surface area contributed by atoms with E-state index in [-0.39, 0.29) is 12.8 Å². The molecule has 0 unspecified atom stereocenters. The van der Waals surface area contributed by atoms with E-state index in [1.807, 2.05) is 0 Å². The Labute approximate surface area is 82.2 Å². The highest BCUT2D eigenvalue weighted by Gasteiger charge is 2.56. The van der Waals surface area contributed by atoms with Crippen LogP contribution in [-0.2, 0) is 5.54 Å². The summed E-state index contributed by atoms with van der Waals surface area (Å²) in [6, 6.07) is 3.28. The topological polar surface area (TPSA) is 39.2 Å². The van der Waals surface area contributed by atoms with Gasteiger partial charge in [-0.1, -0.05) is 0 Å². The average molecular weight is 252 g/mol. The lowest BCUT2D eigenvalue weighted by atomic mass is 9.72. The van der Waals surface area contributed by atoms with Gasteiger partial charge in [0.05, 0.1) is 5.54 Å². The van der Waals surface area contributed by atoms with Crippen LogP contribution < -0.4 is 5.73 Å². The zero-order chi connectivity index (χ0) is 9.69. The van der Waals surface area contributed by atoms with Gasteiger partial charge in [0.1, 0.15) is 5.76 Å². The lowest BCUT2D eigenvalue weighted by Gasteiger charge is -2.42. The predicted molar refractivity (Wildman–Crippen MR) is 46.5 cm³/mol. The van der Waals surface area contributed by atoms with E-state index in [2.05, 4.69) is 15.9 Å². The maximum Gasteiger partial charge on any atom is 0.252 e. The first-order valence-corrected chi connectivity index (χ1v) is 4.63. The highest BCUT2D eigenvalue weighted by atomic mass is 79.9. The van der Waals surface area contributed by atoms with Crippen LogP contribution in [0.5, 0.6) is 0 Å². The molecule has 1 fully saturated rings. The maximum absolute atomic E-state index is 12.6. The summed E-state index contributed by atoms with van der Waals surface area (Å²) in [5, 5.41) is 0. The fourth-order valence-electron chi connectivity index (χ4n) is 1.63. The molecule has 1 aliphatic rings. The molecule has 1 aromatic rings. The molecule has 1 aliphatic carbocycles. The molecule has 0 radical (unpaired) electrons. The molecule has 0 spiro atoms. The van der Waals surface area contributed by atoms with Crippen molar-refractivity contribution >= 4 is 15.9 Å². The third-order valence-electron chi connectivity index (χ3n) is 2.21. The van der Waals surface area contributed by atoms with Crippen molar-refractivity contribution in [3.8, 4) is 0 Å². The Morgan fingerprint density at radius 3 is 2.38 bits per heavy atom. The number of alkyl halides is 2. The first-order chi connectivity index (χ1) is 5.91. The molecule has 2 rings (SSSR count). The smallest absolute Gasteiger partial charge is 0.252 e. The van der Waals surface area contributed by atoms with Crippen LogP contribution in [0.3, 0.4) is 0 Å². The monoisotopic (exact) mass is 251 g/mol. The van der Waals surface area contributed by atoms with Crippen molar-refractivity contribution in [2.45, 2.75) is 24.3 Å². The molecule has 0 atom stereocenters. The zero-order valence-electron chi connectivity index (χ0n) is 6.69. The van der Waals surface area contributed by atoms with Gasteiger partial charge in [0, 0.05) is 12.8 Å². The fraction of sp³-hybridized carbons (Fsp3) is 0.500. The van der Waals surface area contributed by atoms with Gasteiger partial charge in [-0.3, -0.25) is 0 Å². The highest BCUT2D eigenvalue weighted by molar-refractivity contribution is 9.10. The van der Waals surface area contributed by atoms with Gasteiger partial charge in [0.25, 0.3) is 5.92 Å². The summed E-state index contributed by atoms with van der Waals surface area (Å²) in [7, 11) is 0. The summed E-state index contributed by atoms with van der Waals surface area (Å²) in [5.41, 5.74) is 4.74. The molecule has 5 heteroatoms. The van der Waals surface area contributed by atoms with E-state index in [1.54, 1.807) is 12.1 Å². The van der Waals surface area contributed by atoms with Gasteiger partial charge in [-0.15, -0.1) is 0 Å². The van der Waals surface area contributed by atoms with Gasteiger partial charge in [-0.25, -0.2) is 8.78 Å². The van der Waals surface area contributed by atoms with Crippen LogP contribution in [0.15, 0.2) is 21.2 Å². The van der Waals surface area contributed by atoms with Crippen molar-refractivity contribution in [1.82, 2.24) is 0 Å². The lowest BCUT2D eigenvalue weighted by Crippen LogP contribution is -2.55. The highest BCUT2D eigenvalue weighted by Crippen LogP contribution is 2.50. The van der Waals surface area contributed by atoms with Crippen molar-refractivity contribution in [2.75, 3.05) is 0 Å². The van der Waals surface area contributed by atoms with E-state index in [1.165, 1.54) is 0 Å². The van der Waals surface area contributed by atoms with Crippen molar-refractivity contribution in [2.24, 2.45) is 5.73 Å². The maximum atomic E-state index is 12.6. The Hall–Kier alpha value is -0.420. The van der Waals surface area contributed by atoms with E-state index >= 15 is 0 Å². The van der Waals surface area contributed by atoms with Crippen molar-refractivity contribution < 1.29 is 13.2 Å². The molecule has 2 nitrogen and oxygen atoms in total.